The highest BCUT2D eigenvalue weighted by Crippen LogP contribution is 2.19. The van der Waals surface area contributed by atoms with Crippen molar-refractivity contribution in [3.05, 3.63) is 54.0 Å². The van der Waals surface area contributed by atoms with Crippen LogP contribution in [0.15, 0.2) is 47.3 Å². The molecule has 1 atom stereocenters. The van der Waals surface area contributed by atoms with Gasteiger partial charge in [0.2, 0.25) is 11.8 Å². The molecule has 0 unspecified atom stereocenters. The van der Waals surface area contributed by atoms with E-state index in [0.29, 0.717) is 30.8 Å². The number of hydrogen-bond acceptors (Lipinski definition) is 5. The third kappa shape index (κ3) is 4.91. The Morgan fingerprint density at radius 2 is 1.96 bits per heavy atom. The van der Waals surface area contributed by atoms with E-state index in [2.05, 4.69) is 10.9 Å². The Balaban J connectivity index is 1.47. The van der Waals surface area contributed by atoms with Crippen LogP contribution < -0.4 is 15.6 Å². The van der Waals surface area contributed by atoms with E-state index in [4.69, 9.17) is 9.15 Å². The highest BCUT2D eigenvalue weighted by atomic mass is 16.5. The van der Waals surface area contributed by atoms with Gasteiger partial charge >= 0.3 is 0 Å². The van der Waals surface area contributed by atoms with Gasteiger partial charge in [-0.3, -0.25) is 25.2 Å². The lowest BCUT2D eigenvalue weighted by Gasteiger charge is -2.31. The molecule has 0 bridgehead atoms. The van der Waals surface area contributed by atoms with Crippen molar-refractivity contribution in [3.8, 4) is 5.75 Å². The molecular formula is C20H23N3O5. The van der Waals surface area contributed by atoms with Crippen LogP contribution in [0.3, 0.4) is 0 Å². The first-order valence-corrected chi connectivity index (χ1v) is 9.10. The van der Waals surface area contributed by atoms with Gasteiger partial charge in [-0.25, -0.2) is 0 Å². The molecule has 1 aromatic carbocycles. The monoisotopic (exact) mass is 385 g/mol. The molecule has 1 aromatic heterocycles. The molecule has 1 aliphatic rings. The number of piperidine rings is 1. The van der Waals surface area contributed by atoms with E-state index in [1.54, 1.807) is 42.3 Å². The Hall–Kier alpha value is -3.29. The number of benzene rings is 1. The molecule has 2 N–H and O–H groups in total. The van der Waals surface area contributed by atoms with Crippen molar-refractivity contribution in [1.29, 1.82) is 0 Å². The van der Waals surface area contributed by atoms with Crippen LogP contribution in [0.4, 0.5) is 0 Å². The van der Waals surface area contributed by atoms with Crippen LogP contribution >= 0.6 is 0 Å². The molecule has 1 saturated heterocycles. The summed E-state index contributed by atoms with van der Waals surface area (Å²) in [6, 6.07) is 8.73. The summed E-state index contributed by atoms with van der Waals surface area (Å²) in [6.07, 6.45) is 4.36. The van der Waals surface area contributed by atoms with Gasteiger partial charge < -0.3 is 14.1 Å². The third-order valence-corrected chi connectivity index (χ3v) is 4.70. The molecular weight excluding hydrogens is 362 g/mol. The number of methoxy groups -OCH3 is 1. The number of carbonyl (C=O) groups excluding carboxylic acids is 3. The van der Waals surface area contributed by atoms with Gasteiger partial charge in [-0.2, -0.15) is 0 Å². The molecule has 1 aliphatic heterocycles. The van der Waals surface area contributed by atoms with Crippen molar-refractivity contribution < 1.29 is 23.5 Å². The summed E-state index contributed by atoms with van der Waals surface area (Å²) in [4.78, 5) is 38.5. The van der Waals surface area contributed by atoms with Crippen molar-refractivity contribution in [3.63, 3.8) is 0 Å². The lowest BCUT2D eigenvalue weighted by atomic mass is 9.97. The second-order valence-corrected chi connectivity index (χ2v) is 6.66. The first kappa shape index (κ1) is 19.5. The molecule has 0 saturated carbocycles. The highest BCUT2D eigenvalue weighted by Gasteiger charge is 2.29. The first-order valence-electron chi connectivity index (χ1n) is 9.10. The number of hydrazine groups is 1. The summed E-state index contributed by atoms with van der Waals surface area (Å²) in [5.41, 5.74) is 6.18. The zero-order chi connectivity index (χ0) is 19.9. The number of hydrogen-bond donors (Lipinski definition) is 2. The maximum atomic E-state index is 12.4. The summed E-state index contributed by atoms with van der Waals surface area (Å²) in [7, 11) is 1.58. The fourth-order valence-corrected chi connectivity index (χ4v) is 3.15. The van der Waals surface area contributed by atoms with Crippen molar-refractivity contribution in [2.75, 3.05) is 20.2 Å². The Morgan fingerprint density at radius 1 is 1.18 bits per heavy atom. The second-order valence-electron chi connectivity index (χ2n) is 6.66. The lowest BCUT2D eigenvalue weighted by Crippen LogP contribution is -2.50. The zero-order valence-corrected chi connectivity index (χ0v) is 15.6. The van der Waals surface area contributed by atoms with Gasteiger partial charge in [0, 0.05) is 13.1 Å². The number of nitrogens with one attached hydrogen (secondary N) is 2. The average molecular weight is 385 g/mol. The molecule has 0 radical (unpaired) electrons. The Kier molecular flexibility index (Phi) is 6.31. The Bertz CT molecular complexity index is 817. The van der Waals surface area contributed by atoms with Gasteiger partial charge in [-0.05, 0) is 36.6 Å². The van der Waals surface area contributed by atoms with Crippen LogP contribution in [0, 0.1) is 5.92 Å². The quantitative estimate of drug-likeness (QED) is 0.760. The van der Waals surface area contributed by atoms with Gasteiger partial charge in [-0.1, -0.05) is 12.1 Å². The topological polar surface area (TPSA) is 101 Å². The molecule has 2 aromatic rings. The molecule has 3 amide bonds. The first-order chi connectivity index (χ1) is 13.6. The van der Waals surface area contributed by atoms with Crippen molar-refractivity contribution >= 4 is 17.7 Å². The number of likely N-dealkylation sites (tertiary alicyclic amines) is 1. The van der Waals surface area contributed by atoms with E-state index in [1.807, 2.05) is 0 Å². The van der Waals surface area contributed by atoms with Crippen LogP contribution in [-0.4, -0.2) is 42.8 Å². The van der Waals surface area contributed by atoms with Crippen LogP contribution in [-0.2, 0) is 16.0 Å². The largest absolute Gasteiger partial charge is 0.497 e. The number of amides is 3. The number of rotatable bonds is 5. The Morgan fingerprint density at radius 3 is 2.64 bits per heavy atom. The SMILES string of the molecule is COc1ccc(CC(=O)NNC(=O)[C@H]2CCCN(C(=O)c3ccoc3)C2)cc1. The van der Waals surface area contributed by atoms with Crippen molar-refractivity contribution in [1.82, 2.24) is 15.8 Å². The third-order valence-electron chi connectivity index (χ3n) is 4.70. The van der Waals surface area contributed by atoms with E-state index in [9.17, 15) is 14.4 Å². The Labute approximate surface area is 162 Å². The summed E-state index contributed by atoms with van der Waals surface area (Å²) in [5, 5.41) is 0. The van der Waals surface area contributed by atoms with Crippen molar-refractivity contribution in [2.24, 2.45) is 5.92 Å². The lowest BCUT2D eigenvalue weighted by molar-refractivity contribution is -0.131. The number of ether oxygens (including phenoxy) is 1. The minimum Gasteiger partial charge on any atom is -0.497 e. The standard InChI is InChI=1S/C20H23N3O5/c1-27-17-6-4-14(5-7-17)11-18(24)21-22-19(25)15-3-2-9-23(12-15)20(26)16-8-10-28-13-16/h4-8,10,13,15H,2-3,9,11-12H2,1H3,(H,21,24)(H,22,25)/t15-/m0/s1. The predicted molar refractivity (Wildman–Crippen MR) is 100 cm³/mol. The molecule has 2 heterocycles. The van der Waals surface area contributed by atoms with Crippen LogP contribution in [0.2, 0.25) is 0 Å². The van der Waals surface area contributed by atoms with E-state index in [-0.39, 0.29) is 30.1 Å². The second kappa shape index (κ2) is 9.07. The molecule has 28 heavy (non-hydrogen) atoms. The number of furan rings is 1. The maximum absolute atomic E-state index is 12.4. The van der Waals surface area contributed by atoms with Crippen LogP contribution in [0.1, 0.15) is 28.8 Å². The molecule has 0 spiro atoms. The number of carbonyl (C=O) groups is 3. The van der Waals surface area contributed by atoms with Gasteiger partial charge in [0.05, 0.1) is 31.3 Å². The highest BCUT2D eigenvalue weighted by molar-refractivity contribution is 5.94. The summed E-state index contributed by atoms with van der Waals surface area (Å²) < 4.78 is 10.0. The fraction of sp³-hybridized carbons (Fsp3) is 0.350. The minimum atomic E-state index is -0.370. The summed E-state index contributed by atoms with van der Waals surface area (Å²) in [5.74, 6) is -0.432. The van der Waals surface area contributed by atoms with Gasteiger partial charge in [-0.15, -0.1) is 0 Å². The van der Waals surface area contributed by atoms with Gasteiger partial charge in [0.1, 0.15) is 12.0 Å². The molecule has 1 fully saturated rings. The van der Waals surface area contributed by atoms with Gasteiger partial charge in [0.25, 0.3) is 5.91 Å². The molecule has 148 valence electrons. The van der Waals surface area contributed by atoms with Crippen LogP contribution in [0.5, 0.6) is 5.75 Å². The van der Waals surface area contributed by atoms with Crippen LogP contribution in [0.25, 0.3) is 0 Å². The fourth-order valence-electron chi connectivity index (χ4n) is 3.15. The zero-order valence-electron chi connectivity index (χ0n) is 15.6. The minimum absolute atomic E-state index is 0.139. The summed E-state index contributed by atoms with van der Waals surface area (Å²) in [6.45, 7) is 0.905. The van der Waals surface area contributed by atoms with Gasteiger partial charge in [0.15, 0.2) is 0 Å². The van der Waals surface area contributed by atoms with E-state index in [1.165, 1.54) is 12.5 Å². The normalized spacial score (nSPS) is 16.3. The molecule has 8 nitrogen and oxygen atoms in total. The van der Waals surface area contributed by atoms with Crippen molar-refractivity contribution in [2.45, 2.75) is 19.3 Å². The number of nitrogens with zero attached hydrogens (tertiary/aromatic N) is 1. The smallest absolute Gasteiger partial charge is 0.257 e. The predicted octanol–water partition coefficient (Wildman–Crippen LogP) is 1.53. The van der Waals surface area contributed by atoms with E-state index in [0.717, 1.165) is 12.0 Å². The van der Waals surface area contributed by atoms with E-state index < -0.39 is 0 Å². The average Bonchev–Trinajstić information content (AvgIpc) is 3.27. The summed E-state index contributed by atoms with van der Waals surface area (Å²) >= 11 is 0. The molecule has 0 aliphatic carbocycles. The van der Waals surface area contributed by atoms with E-state index >= 15 is 0 Å². The molecule has 8 heteroatoms. The molecule has 3 rings (SSSR count). The maximum Gasteiger partial charge on any atom is 0.257 e.